The Kier molecular flexibility index (Phi) is 9.13. The second-order valence-corrected chi connectivity index (χ2v) is 9.18. The Labute approximate surface area is 188 Å². The molecule has 0 bridgehead atoms. The summed E-state index contributed by atoms with van der Waals surface area (Å²) in [4.78, 5) is 49.1. The number of hydrogen-bond donors (Lipinski definition) is 0. The number of ether oxygens (including phenoxy) is 3. The van der Waals surface area contributed by atoms with E-state index in [0.29, 0.717) is 5.56 Å². The summed E-state index contributed by atoms with van der Waals surface area (Å²) >= 11 is 0. The van der Waals surface area contributed by atoms with Crippen LogP contribution in [0.1, 0.15) is 62.9 Å². The lowest BCUT2D eigenvalue weighted by molar-refractivity contribution is -0.159. The molecule has 0 aliphatic rings. The molecule has 1 rings (SSSR count). The van der Waals surface area contributed by atoms with Crippen LogP contribution in [0.3, 0.4) is 0 Å². The predicted octanol–water partition coefficient (Wildman–Crippen LogP) is 3.44. The Hall–Kier alpha value is -3.21. The number of Topliss-reactive ketones (excluding diaryl/α,β-unsaturated/α-hetero) is 1. The molecular weight excluding hydrogens is 414 g/mol. The van der Waals surface area contributed by atoms with Gasteiger partial charge in [0.15, 0.2) is 5.92 Å². The SMILES string of the molecule is COC(=O)C(CC(C#N)c1cccc(C(=O)OCC(C)(C)C(=O)C(C)(C)C)c1)C(=O)OC. The van der Waals surface area contributed by atoms with Gasteiger partial charge in [0.25, 0.3) is 0 Å². The zero-order chi connectivity index (χ0) is 24.7. The maximum absolute atomic E-state index is 12.6. The van der Waals surface area contributed by atoms with E-state index in [9.17, 15) is 24.4 Å². The molecule has 32 heavy (non-hydrogen) atoms. The van der Waals surface area contributed by atoms with E-state index in [0.717, 1.165) is 14.2 Å². The Balaban J connectivity index is 3.03. The second-order valence-electron chi connectivity index (χ2n) is 9.18. The van der Waals surface area contributed by atoms with Crippen molar-refractivity contribution in [3.63, 3.8) is 0 Å². The summed E-state index contributed by atoms with van der Waals surface area (Å²) in [5.74, 6) is -4.43. The van der Waals surface area contributed by atoms with Crippen LogP contribution in [0, 0.1) is 28.1 Å². The van der Waals surface area contributed by atoms with Crippen LogP contribution >= 0.6 is 0 Å². The van der Waals surface area contributed by atoms with Gasteiger partial charge in [-0.05, 0) is 38.0 Å². The number of nitrogens with zero attached hydrogens (tertiary/aromatic N) is 1. The Morgan fingerprint density at radius 2 is 1.56 bits per heavy atom. The number of carbonyl (C=O) groups excluding carboxylic acids is 4. The number of carbonyl (C=O) groups is 4. The minimum Gasteiger partial charge on any atom is -0.468 e. The molecule has 0 aliphatic carbocycles. The van der Waals surface area contributed by atoms with Crippen LogP contribution in [0.25, 0.3) is 0 Å². The highest BCUT2D eigenvalue weighted by Crippen LogP contribution is 2.30. The van der Waals surface area contributed by atoms with E-state index in [1.165, 1.54) is 12.1 Å². The summed E-state index contributed by atoms with van der Waals surface area (Å²) in [5, 5.41) is 9.61. The molecule has 1 aromatic carbocycles. The van der Waals surface area contributed by atoms with Crippen LogP contribution in [0.2, 0.25) is 0 Å². The van der Waals surface area contributed by atoms with Gasteiger partial charge in [0.1, 0.15) is 12.4 Å². The monoisotopic (exact) mass is 445 g/mol. The lowest BCUT2D eigenvalue weighted by Gasteiger charge is -2.30. The molecule has 0 N–H and O–H groups in total. The van der Waals surface area contributed by atoms with E-state index >= 15 is 0 Å². The molecule has 0 aliphatic heterocycles. The maximum atomic E-state index is 12.6. The summed E-state index contributed by atoms with van der Waals surface area (Å²) in [6.45, 7) is 8.76. The number of esters is 3. The minimum atomic E-state index is -1.27. The lowest BCUT2D eigenvalue weighted by atomic mass is 9.75. The van der Waals surface area contributed by atoms with Crippen molar-refractivity contribution in [1.82, 2.24) is 0 Å². The topological polar surface area (TPSA) is 120 Å². The smallest absolute Gasteiger partial charge is 0.338 e. The van der Waals surface area contributed by atoms with Gasteiger partial charge in [0.05, 0.1) is 37.2 Å². The van der Waals surface area contributed by atoms with Crippen LogP contribution in [-0.4, -0.2) is 44.5 Å². The molecule has 0 aromatic heterocycles. The molecule has 8 nitrogen and oxygen atoms in total. The molecule has 0 amide bonds. The zero-order valence-corrected chi connectivity index (χ0v) is 19.7. The maximum Gasteiger partial charge on any atom is 0.338 e. The largest absolute Gasteiger partial charge is 0.468 e. The molecule has 174 valence electrons. The number of rotatable bonds is 9. The van der Waals surface area contributed by atoms with Gasteiger partial charge in [0.2, 0.25) is 0 Å². The predicted molar refractivity (Wildman–Crippen MR) is 115 cm³/mol. The molecule has 1 atom stereocenters. The first-order chi connectivity index (χ1) is 14.8. The van der Waals surface area contributed by atoms with E-state index in [4.69, 9.17) is 4.74 Å². The van der Waals surface area contributed by atoms with Crippen LogP contribution < -0.4 is 0 Å². The van der Waals surface area contributed by atoms with Crippen LogP contribution in [-0.2, 0) is 28.6 Å². The van der Waals surface area contributed by atoms with E-state index in [2.05, 4.69) is 9.47 Å². The van der Waals surface area contributed by atoms with E-state index in [-0.39, 0.29) is 24.4 Å². The van der Waals surface area contributed by atoms with Crippen LogP contribution in [0.15, 0.2) is 24.3 Å². The third-order valence-corrected chi connectivity index (χ3v) is 4.98. The van der Waals surface area contributed by atoms with Crippen molar-refractivity contribution in [2.24, 2.45) is 16.7 Å². The standard InChI is InChI=1S/C24H31NO7/c1-23(2,3)22(29)24(4,5)14-32-19(26)16-10-8-9-15(11-16)17(13-25)12-18(20(27)30-6)21(28)31-7/h8-11,17-18H,12,14H2,1-7H3. The fraction of sp³-hybridized carbons (Fsp3) is 0.542. The first-order valence-corrected chi connectivity index (χ1v) is 10.2. The number of methoxy groups -OCH3 is 2. The van der Waals surface area contributed by atoms with Gasteiger partial charge in [-0.15, -0.1) is 0 Å². The van der Waals surface area contributed by atoms with Gasteiger partial charge < -0.3 is 14.2 Å². The van der Waals surface area contributed by atoms with E-state index < -0.39 is 40.6 Å². The van der Waals surface area contributed by atoms with Crippen molar-refractivity contribution in [1.29, 1.82) is 5.26 Å². The molecule has 0 spiro atoms. The highest BCUT2D eigenvalue weighted by atomic mass is 16.5. The Bertz CT molecular complexity index is 890. The van der Waals surface area contributed by atoms with Gasteiger partial charge >= 0.3 is 17.9 Å². The fourth-order valence-electron chi connectivity index (χ4n) is 3.36. The third-order valence-electron chi connectivity index (χ3n) is 4.98. The number of nitriles is 1. The zero-order valence-electron chi connectivity index (χ0n) is 19.7. The summed E-state index contributed by atoms with van der Waals surface area (Å²) in [6, 6.07) is 8.24. The average molecular weight is 446 g/mol. The quantitative estimate of drug-likeness (QED) is 0.322. The average Bonchev–Trinajstić information content (AvgIpc) is 2.76. The molecule has 0 heterocycles. The van der Waals surface area contributed by atoms with E-state index in [1.807, 2.05) is 6.07 Å². The van der Waals surface area contributed by atoms with Gasteiger partial charge in [-0.25, -0.2) is 4.79 Å². The molecule has 1 unspecified atom stereocenters. The highest BCUT2D eigenvalue weighted by Gasteiger charge is 2.37. The summed E-state index contributed by atoms with van der Waals surface area (Å²) < 4.78 is 14.6. The lowest BCUT2D eigenvalue weighted by Crippen LogP contribution is -2.38. The molecule has 8 heteroatoms. The first kappa shape index (κ1) is 26.8. The third kappa shape index (κ3) is 6.91. The van der Waals surface area contributed by atoms with Crippen molar-refractivity contribution in [3.05, 3.63) is 35.4 Å². The van der Waals surface area contributed by atoms with E-state index in [1.54, 1.807) is 46.8 Å². The molecule has 0 saturated heterocycles. The molecule has 0 fully saturated rings. The molecule has 1 aromatic rings. The number of ketones is 1. The van der Waals surface area contributed by atoms with Crippen molar-refractivity contribution < 1.29 is 33.4 Å². The number of hydrogen-bond acceptors (Lipinski definition) is 8. The van der Waals surface area contributed by atoms with Gasteiger partial charge in [0, 0.05) is 5.41 Å². The van der Waals surface area contributed by atoms with Crippen molar-refractivity contribution in [3.8, 4) is 6.07 Å². The van der Waals surface area contributed by atoms with Gasteiger partial charge in [-0.2, -0.15) is 5.26 Å². The molecule has 0 saturated carbocycles. The molecular formula is C24H31NO7. The number of benzene rings is 1. The molecule has 0 radical (unpaired) electrons. The van der Waals surface area contributed by atoms with Crippen molar-refractivity contribution in [2.75, 3.05) is 20.8 Å². The summed E-state index contributed by atoms with van der Waals surface area (Å²) in [7, 11) is 2.28. The van der Waals surface area contributed by atoms with Crippen molar-refractivity contribution >= 4 is 23.7 Å². The normalized spacial score (nSPS) is 12.5. The van der Waals surface area contributed by atoms with Crippen molar-refractivity contribution in [2.45, 2.75) is 47.0 Å². The summed E-state index contributed by atoms with van der Waals surface area (Å²) in [6.07, 6.45) is -0.165. The van der Waals surface area contributed by atoms with Crippen LogP contribution in [0.5, 0.6) is 0 Å². The van der Waals surface area contributed by atoms with Gasteiger partial charge in [-0.3, -0.25) is 14.4 Å². The van der Waals surface area contributed by atoms with Gasteiger partial charge in [-0.1, -0.05) is 32.9 Å². The Morgan fingerprint density at radius 1 is 1.00 bits per heavy atom. The Morgan fingerprint density at radius 3 is 2.03 bits per heavy atom. The minimum absolute atomic E-state index is 0.0345. The summed E-state index contributed by atoms with van der Waals surface area (Å²) in [5.41, 5.74) is -0.820. The fourth-order valence-corrected chi connectivity index (χ4v) is 3.36. The highest BCUT2D eigenvalue weighted by molar-refractivity contribution is 5.95. The first-order valence-electron chi connectivity index (χ1n) is 10.2. The second kappa shape index (κ2) is 10.9. The van der Waals surface area contributed by atoms with Crippen LogP contribution in [0.4, 0.5) is 0 Å².